The monoisotopic (exact) mass is 360 g/mol. The number of nitrogens with zero attached hydrogens (tertiary/aromatic N) is 2. The Morgan fingerprint density at radius 2 is 1.75 bits per heavy atom. The minimum absolute atomic E-state index is 0. The van der Waals surface area contributed by atoms with Gasteiger partial charge in [-0.1, -0.05) is 24.4 Å². The van der Waals surface area contributed by atoms with Crippen LogP contribution < -0.4 is 17.0 Å². The zero-order valence-corrected chi connectivity index (χ0v) is 14.2. The second-order valence-electron chi connectivity index (χ2n) is 3.79. The summed E-state index contributed by atoms with van der Waals surface area (Å²) < 4.78 is 26.1. The van der Waals surface area contributed by atoms with Gasteiger partial charge in [0, 0.05) is 0 Å². The molecule has 4 nitrogen and oxygen atoms in total. The van der Waals surface area contributed by atoms with E-state index in [2.05, 4.69) is 11.2 Å². The summed E-state index contributed by atoms with van der Waals surface area (Å²) in [5.74, 6) is 0. The molecule has 0 radical (unpaired) electrons. The van der Waals surface area contributed by atoms with Crippen molar-refractivity contribution in [1.29, 1.82) is 0 Å². The van der Waals surface area contributed by atoms with Gasteiger partial charge in [-0.05, 0) is 30.0 Å². The number of hydrogen-bond acceptors (Lipinski definition) is 3. The molecule has 0 aliphatic carbocycles. The summed E-state index contributed by atoms with van der Waals surface area (Å²) in [5, 5.41) is 0.678. The summed E-state index contributed by atoms with van der Waals surface area (Å²) in [4.78, 5) is 4.11. The smallest absolute Gasteiger partial charge is 1.00 e. The standard InChI is InChI=1S/C13H9N2O2S.BrH.Mg/c16-18(17,12-4-2-1-3-5-12)15-9-7-11-10-14-8-6-13(11)15;;/h1-9H;1H;/q-1;;+2/p-1. The van der Waals surface area contributed by atoms with E-state index in [1.807, 2.05) is 0 Å². The summed E-state index contributed by atoms with van der Waals surface area (Å²) in [5.41, 5.74) is 0.578. The van der Waals surface area contributed by atoms with Crippen molar-refractivity contribution in [3.63, 3.8) is 0 Å². The summed E-state index contributed by atoms with van der Waals surface area (Å²) >= 11 is 0. The zero-order chi connectivity index (χ0) is 12.6. The van der Waals surface area contributed by atoms with E-state index in [1.165, 1.54) is 16.4 Å². The second kappa shape index (κ2) is 6.71. The van der Waals surface area contributed by atoms with Crippen molar-refractivity contribution >= 4 is 44.0 Å². The molecule has 0 saturated heterocycles. The van der Waals surface area contributed by atoms with E-state index in [1.54, 1.807) is 42.5 Å². The van der Waals surface area contributed by atoms with Crippen molar-refractivity contribution in [3.05, 3.63) is 61.1 Å². The maximum Gasteiger partial charge on any atom is 2.00 e. The van der Waals surface area contributed by atoms with Crippen LogP contribution in [0.15, 0.2) is 59.8 Å². The van der Waals surface area contributed by atoms with Gasteiger partial charge in [0.1, 0.15) is 0 Å². The molecule has 3 rings (SSSR count). The third-order valence-electron chi connectivity index (χ3n) is 2.68. The number of aromatic nitrogens is 2. The number of rotatable bonds is 2. The van der Waals surface area contributed by atoms with Crippen molar-refractivity contribution in [2.75, 3.05) is 0 Å². The fourth-order valence-corrected chi connectivity index (χ4v) is 3.18. The van der Waals surface area contributed by atoms with Gasteiger partial charge in [0.25, 0.3) is 10.0 Å². The molecule has 7 heteroatoms. The van der Waals surface area contributed by atoms with E-state index in [-0.39, 0.29) is 44.9 Å². The molecule has 2 heterocycles. The molecule has 0 aliphatic heterocycles. The molecule has 0 atom stereocenters. The van der Waals surface area contributed by atoms with E-state index >= 15 is 0 Å². The topological polar surface area (TPSA) is 52.0 Å². The first-order valence-electron chi connectivity index (χ1n) is 5.34. The van der Waals surface area contributed by atoms with Crippen LogP contribution in [-0.2, 0) is 10.0 Å². The first-order chi connectivity index (χ1) is 8.69. The molecular weight excluding hydrogens is 352 g/mol. The van der Waals surface area contributed by atoms with E-state index in [0.29, 0.717) is 10.9 Å². The van der Waals surface area contributed by atoms with Crippen LogP contribution in [0.3, 0.4) is 0 Å². The fourth-order valence-electron chi connectivity index (χ4n) is 1.81. The average Bonchev–Trinajstić information content (AvgIpc) is 2.84. The minimum Gasteiger partial charge on any atom is -1.00 e. The Bertz CT molecular complexity index is 803. The van der Waals surface area contributed by atoms with E-state index in [9.17, 15) is 8.42 Å². The van der Waals surface area contributed by atoms with Gasteiger partial charge in [0.2, 0.25) is 0 Å². The van der Waals surface area contributed by atoms with Gasteiger partial charge in [0.15, 0.2) is 0 Å². The molecule has 0 spiro atoms. The Labute approximate surface area is 143 Å². The SMILES string of the molecule is O=S(=O)(c1ccccc1)n1ccc2[c-]nccc21.[Br-].[Mg+2]. The van der Waals surface area contributed by atoms with Crippen LogP contribution in [0.1, 0.15) is 0 Å². The minimum atomic E-state index is -3.55. The molecule has 0 fully saturated rings. The van der Waals surface area contributed by atoms with Crippen LogP contribution in [0, 0.1) is 6.20 Å². The van der Waals surface area contributed by atoms with Crippen molar-refractivity contribution in [3.8, 4) is 0 Å². The van der Waals surface area contributed by atoms with Crippen LogP contribution >= 0.6 is 0 Å². The van der Waals surface area contributed by atoms with Crippen molar-refractivity contribution in [2.45, 2.75) is 4.90 Å². The van der Waals surface area contributed by atoms with Crippen molar-refractivity contribution in [1.82, 2.24) is 8.96 Å². The van der Waals surface area contributed by atoms with E-state index in [0.717, 1.165) is 0 Å². The molecule has 0 amide bonds. The van der Waals surface area contributed by atoms with Crippen LogP contribution in [0.4, 0.5) is 0 Å². The van der Waals surface area contributed by atoms with Gasteiger partial charge < -0.3 is 22.0 Å². The first-order valence-corrected chi connectivity index (χ1v) is 6.78. The van der Waals surface area contributed by atoms with Gasteiger partial charge in [-0.3, -0.25) is 3.97 Å². The molecule has 0 aliphatic rings. The van der Waals surface area contributed by atoms with E-state index in [4.69, 9.17) is 0 Å². The predicted octanol–water partition coefficient (Wildman–Crippen LogP) is -1.30. The quantitative estimate of drug-likeness (QED) is 0.421. The molecule has 1 aromatic carbocycles. The van der Waals surface area contributed by atoms with Gasteiger partial charge in [0.05, 0.1) is 4.90 Å². The second-order valence-corrected chi connectivity index (χ2v) is 5.60. The molecule has 20 heavy (non-hydrogen) atoms. The Hall–Kier alpha value is -0.894. The number of pyridine rings is 1. The number of hydrogen-bond donors (Lipinski definition) is 0. The van der Waals surface area contributed by atoms with Crippen LogP contribution in [0.25, 0.3) is 10.9 Å². The van der Waals surface area contributed by atoms with Crippen molar-refractivity contribution < 1.29 is 25.4 Å². The Morgan fingerprint density at radius 3 is 2.45 bits per heavy atom. The van der Waals surface area contributed by atoms with Gasteiger partial charge in [-0.2, -0.15) is 0 Å². The third-order valence-corrected chi connectivity index (χ3v) is 4.39. The first kappa shape index (κ1) is 17.2. The maximum atomic E-state index is 12.4. The summed E-state index contributed by atoms with van der Waals surface area (Å²) in [6.07, 6.45) is 5.81. The molecule has 0 N–H and O–H groups in total. The number of fused-ring (bicyclic) bond motifs is 1. The van der Waals surface area contributed by atoms with Gasteiger partial charge in [-0.15, -0.1) is 17.5 Å². The normalized spacial score (nSPS) is 10.6. The van der Waals surface area contributed by atoms with E-state index < -0.39 is 10.0 Å². The third kappa shape index (κ3) is 2.90. The fraction of sp³-hybridized carbons (Fsp3) is 0. The van der Waals surface area contributed by atoms with Crippen LogP contribution in [-0.4, -0.2) is 40.4 Å². The molecule has 0 saturated carbocycles. The zero-order valence-electron chi connectivity index (χ0n) is 10.4. The summed E-state index contributed by atoms with van der Waals surface area (Å²) in [6, 6.07) is 11.7. The summed E-state index contributed by atoms with van der Waals surface area (Å²) in [6.45, 7) is 0. The van der Waals surface area contributed by atoms with Crippen LogP contribution in [0.5, 0.6) is 0 Å². The summed E-state index contributed by atoms with van der Waals surface area (Å²) in [7, 11) is -3.55. The number of halogens is 1. The molecule has 3 aromatic rings. The average molecular weight is 362 g/mol. The predicted molar refractivity (Wildman–Crippen MR) is 73.3 cm³/mol. The molecular formula is C13H9BrMgN2O2S. The molecule has 0 unspecified atom stereocenters. The Balaban J connectivity index is 0.000001000. The largest absolute Gasteiger partial charge is 2.00 e. The molecule has 2 aromatic heterocycles. The Kier molecular flexibility index (Phi) is 5.75. The molecule has 98 valence electrons. The van der Waals surface area contributed by atoms with Crippen molar-refractivity contribution in [2.24, 2.45) is 0 Å². The Morgan fingerprint density at radius 1 is 1.05 bits per heavy atom. The maximum absolute atomic E-state index is 12.4. The van der Waals surface area contributed by atoms with Gasteiger partial charge >= 0.3 is 23.1 Å². The van der Waals surface area contributed by atoms with Crippen LogP contribution in [0.2, 0.25) is 0 Å². The van der Waals surface area contributed by atoms with Gasteiger partial charge in [-0.25, -0.2) is 8.42 Å². The number of benzene rings is 1. The molecule has 0 bridgehead atoms.